The van der Waals surface area contributed by atoms with Crippen LogP contribution in [-0.2, 0) is 32.5 Å². The molecule has 0 radical (unpaired) electrons. The lowest BCUT2D eigenvalue weighted by atomic mass is 10.0. The van der Waals surface area contributed by atoms with Crippen LogP contribution >= 0.6 is 11.3 Å². The maximum atomic E-state index is 13.3. The molecule has 0 saturated heterocycles. The maximum absolute atomic E-state index is 13.3. The van der Waals surface area contributed by atoms with Crippen molar-refractivity contribution >= 4 is 44.3 Å². The molecule has 0 spiro atoms. The Morgan fingerprint density at radius 3 is 2.15 bits per heavy atom. The van der Waals surface area contributed by atoms with Crippen LogP contribution in [0.25, 0.3) is 0 Å². The van der Waals surface area contributed by atoms with Gasteiger partial charge in [-0.3, -0.25) is 4.79 Å². The van der Waals surface area contributed by atoms with Gasteiger partial charge in [0.05, 0.1) is 30.2 Å². The highest BCUT2D eigenvalue weighted by molar-refractivity contribution is 7.89. The number of carbonyl (C=O) groups excluding carboxylic acids is 3. The molecule has 1 aromatic carbocycles. The predicted octanol–water partition coefficient (Wildman–Crippen LogP) is 4.99. The largest absolute Gasteiger partial charge is 0.462 e. The average Bonchev–Trinajstić information content (AvgIpc) is 3.25. The zero-order chi connectivity index (χ0) is 29.6. The van der Waals surface area contributed by atoms with E-state index in [0.29, 0.717) is 31.1 Å². The van der Waals surface area contributed by atoms with E-state index in [4.69, 9.17) is 9.47 Å². The predicted molar refractivity (Wildman–Crippen MR) is 154 cm³/mol. The molecule has 1 aromatic heterocycles. The number of anilines is 1. The van der Waals surface area contributed by atoms with Gasteiger partial charge < -0.3 is 19.7 Å². The van der Waals surface area contributed by atoms with Crippen LogP contribution in [0.5, 0.6) is 0 Å². The molecule has 2 heterocycles. The monoisotopic (exact) mass is 593 g/mol. The second kappa shape index (κ2) is 13.6. The lowest BCUT2D eigenvalue weighted by Crippen LogP contribution is -2.37. The minimum atomic E-state index is -3.74. The van der Waals surface area contributed by atoms with Crippen molar-refractivity contribution in [1.82, 2.24) is 9.21 Å². The molecule has 0 saturated carbocycles. The van der Waals surface area contributed by atoms with Crippen molar-refractivity contribution in [2.24, 2.45) is 11.8 Å². The number of esters is 1. The van der Waals surface area contributed by atoms with Gasteiger partial charge in [0.2, 0.25) is 10.0 Å². The molecular weight excluding hydrogens is 554 g/mol. The Morgan fingerprint density at radius 1 is 1.00 bits per heavy atom. The van der Waals surface area contributed by atoms with Crippen molar-refractivity contribution in [3.8, 4) is 0 Å². The van der Waals surface area contributed by atoms with Gasteiger partial charge in [0.25, 0.3) is 5.91 Å². The van der Waals surface area contributed by atoms with E-state index in [2.05, 4.69) is 5.32 Å². The number of hydrogen-bond acceptors (Lipinski definition) is 8. The number of thiophene rings is 1. The van der Waals surface area contributed by atoms with Gasteiger partial charge in [-0.1, -0.05) is 27.7 Å². The summed E-state index contributed by atoms with van der Waals surface area (Å²) in [6.45, 7) is 13.2. The van der Waals surface area contributed by atoms with E-state index in [9.17, 15) is 22.8 Å². The minimum Gasteiger partial charge on any atom is -0.462 e. The van der Waals surface area contributed by atoms with Crippen molar-refractivity contribution in [2.75, 3.05) is 38.2 Å². The third kappa shape index (κ3) is 7.41. The number of carbonyl (C=O) groups is 3. The van der Waals surface area contributed by atoms with E-state index in [1.165, 1.54) is 39.9 Å². The highest BCUT2D eigenvalue weighted by atomic mass is 32.2. The summed E-state index contributed by atoms with van der Waals surface area (Å²) >= 11 is 1.22. The fraction of sp³-hybridized carbons (Fsp3) is 0.536. The third-order valence-electron chi connectivity index (χ3n) is 6.18. The number of nitrogens with zero attached hydrogens (tertiary/aromatic N) is 2. The minimum absolute atomic E-state index is 0.114. The standard InChI is InChI=1S/C28H39N3O7S2/c1-7-37-27(33)24-22-13-14-30(28(34)38-8-2)17-23(22)39-26(24)29-25(32)20-9-11-21(12-10-20)40(35,36)31(15-18(3)4)16-19(5)6/h9-12,18-19H,7-8,13-17H2,1-6H3,(H,29,32). The second-order valence-electron chi connectivity index (χ2n) is 10.4. The van der Waals surface area contributed by atoms with Crippen molar-refractivity contribution in [1.29, 1.82) is 0 Å². The molecule has 12 heteroatoms. The van der Waals surface area contributed by atoms with E-state index in [1.807, 2.05) is 27.7 Å². The normalized spacial score (nSPS) is 13.5. The Morgan fingerprint density at radius 2 is 1.60 bits per heavy atom. The highest BCUT2D eigenvalue weighted by Crippen LogP contribution is 2.38. The Kier molecular flexibility index (Phi) is 10.7. The molecule has 40 heavy (non-hydrogen) atoms. The van der Waals surface area contributed by atoms with Crippen LogP contribution in [0.1, 0.15) is 72.7 Å². The van der Waals surface area contributed by atoms with Crippen molar-refractivity contribution in [3.05, 3.63) is 45.8 Å². The summed E-state index contributed by atoms with van der Waals surface area (Å²) in [5, 5.41) is 3.14. The van der Waals surface area contributed by atoms with Crippen LogP contribution in [0.3, 0.4) is 0 Å². The van der Waals surface area contributed by atoms with Crippen LogP contribution in [-0.4, -0.2) is 68.4 Å². The van der Waals surface area contributed by atoms with Crippen LogP contribution < -0.4 is 5.32 Å². The Hall–Kier alpha value is -2.96. The Bertz CT molecular complexity index is 1310. The van der Waals surface area contributed by atoms with Crippen molar-refractivity contribution in [3.63, 3.8) is 0 Å². The lowest BCUT2D eigenvalue weighted by molar-refractivity contribution is 0.0526. The number of fused-ring (bicyclic) bond motifs is 1. The average molecular weight is 594 g/mol. The second-order valence-corrected chi connectivity index (χ2v) is 13.4. The summed E-state index contributed by atoms with van der Waals surface area (Å²) in [5.74, 6) is -0.713. The van der Waals surface area contributed by atoms with Crippen molar-refractivity contribution < 1.29 is 32.3 Å². The summed E-state index contributed by atoms with van der Waals surface area (Å²) in [6, 6.07) is 5.79. The first-order valence-electron chi connectivity index (χ1n) is 13.5. The van der Waals surface area contributed by atoms with Crippen LogP contribution in [0, 0.1) is 11.8 Å². The number of benzene rings is 1. The number of sulfonamides is 1. The maximum Gasteiger partial charge on any atom is 0.410 e. The molecule has 1 aliphatic rings. The van der Waals surface area contributed by atoms with Crippen molar-refractivity contribution in [2.45, 2.75) is 59.4 Å². The molecule has 1 aliphatic heterocycles. The molecule has 0 fully saturated rings. The quantitative estimate of drug-likeness (QED) is 0.364. The van der Waals surface area contributed by atoms with E-state index in [1.54, 1.807) is 18.7 Å². The molecule has 0 atom stereocenters. The number of hydrogen-bond donors (Lipinski definition) is 1. The number of nitrogens with one attached hydrogen (secondary N) is 1. The summed E-state index contributed by atoms with van der Waals surface area (Å²) < 4.78 is 38.5. The van der Waals surface area contributed by atoms with Gasteiger partial charge in [0, 0.05) is 30.1 Å². The molecule has 220 valence electrons. The first-order valence-corrected chi connectivity index (χ1v) is 15.8. The first kappa shape index (κ1) is 31.6. The van der Waals surface area contributed by atoms with Crippen LogP contribution in [0.2, 0.25) is 0 Å². The Balaban J connectivity index is 1.86. The molecule has 2 aromatic rings. The summed E-state index contributed by atoms with van der Waals surface area (Å²) in [5.41, 5.74) is 1.28. The van der Waals surface area contributed by atoms with E-state index in [-0.39, 0.29) is 47.6 Å². The third-order valence-corrected chi connectivity index (χ3v) is 9.16. The molecular formula is C28H39N3O7S2. The molecule has 2 amide bonds. The zero-order valence-corrected chi connectivity index (χ0v) is 25.6. The molecule has 0 bridgehead atoms. The summed E-state index contributed by atoms with van der Waals surface area (Å²) in [4.78, 5) is 40.8. The molecule has 3 rings (SSSR count). The number of rotatable bonds is 11. The van der Waals surface area contributed by atoms with Gasteiger partial charge >= 0.3 is 12.1 Å². The zero-order valence-electron chi connectivity index (χ0n) is 24.0. The van der Waals surface area contributed by atoms with E-state index < -0.39 is 28.0 Å². The van der Waals surface area contributed by atoms with E-state index in [0.717, 1.165) is 10.4 Å². The highest BCUT2D eigenvalue weighted by Gasteiger charge is 2.32. The van der Waals surface area contributed by atoms with Gasteiger partial charge in [0.1, 0.15) is 5.00 Å². The van der Waals surface area contributed by atoms with Gasteiger partial charge in [-0.25, -0.2) is 18.0 Å². The molecule has 1 N–H and O–H groups in total. The summed E-state index contributed by atoms with van der Waals surface area (Å²) in [6.07, 6.45) is -0.00925. The van der Waals surface area contributed by atoms with Gasteiger partial charge in [-0.2, -0.15) is 4.31 Å². The topological polar surface area (TPSA) is 122 Å². The fourth-order valence-electron chi connectivity index (χ4n) is 4.47. The van der Waals surface area contributed by atoms with Crippen LogP contribution in [0.4, 0.5) is 9.80 Å². The van der Waals surface area contributed by atoms with Gasteiger partial charge in [-0.05, 0) is 61.9 Å². The smallest absolute Gasteiger partial charge is 0.410 e. The molecule has 0 aliphatic carbocycles. The SMILES string of the molecule is CCOC(=O)c1c(NC(=O)c2ccc(S(=O)(=O)N(CC(C)C)CC(C)C)cc2)sc2c1CCN(C(=O)OCC)C2. The van der Waals surface area contributed by atoms with Gasteiger partial charge in [-0.15, -0.1) is 11.3 Å². The Labute approximate surface area is 240 Å². The van der Waals surface area contributed by atoms with E-state index >= 15 is 0 Å². The number of ether oxygens (including phenoxy) is 2. The summed E-state index contributed by atoms with van der Waals surface area (Å²) in [7, 11) is -3.74. The lowest BCUT2D eigenvalue weighted by Gasteiger charge is -2.26. The first-order chi connectivity index (χ1) is 18.9. The molecule has 0 unspecified atom stereocenters. The van der Waals surface area contributed by atoms with Gasteiger partial charge in [0.15, 0.2) is 0 Å². The number of amides is 2. The van der Waals surface area contributed by atoms with Crippen LogP contribution in [0.15, 0.2) is 29.2 Å². The molecule has 10 nitrogen and oxygen atoms in total. The fourth-order valence-corrected chi connectivity index (χ4v) is 7.48.